The number of carbonyl (C=O) groups is 1. The number of ether oxygens (including phenoxy) is 1. The van der Waals surface area contributed by atoms with E-state index >= 15 is 0 Å². The predicted octanol–water partition coefficient (Wildman–Crippen LogP) is 1.24. The second-order valence-electron chi connectivity index (χ2n) is 5.82. The summed E-state index contributed by atoms with van der Waals surface area (Å²) >= 11 is 0. The zero-order chi connectivity index (χ0) is 15.6. The van der Waals surface area contributed by atoms with Crippen LogP contribution in [-0.2, 0) is 0 Å². The SMILES string of the molecule is O=C(c1ncn(C2CCCNC2)n1)N1CCOc2ccccc21. The van der Waals surface area contributed by atoms with Gasteiger partial charge in [0.15, 0.2) is 0 Å². The van der Waals surface area contributed by atoms with Crippen molar-refractivity contribution in [3.63, 3.8) is 0 Å². The molecule has 3 heterocycles. The Hall–Kier alpha value is -2.41. The molecule has 1 unspecified atom stereocenters. The molecule has 1 saturated heterocycles. The van der Waals surface area contributed by atoms with Gasteiger partial charge in [-0.1, -0.05) is 12.1 Å². The van der Waals surface area contributed by atoms with Crippen molar-refractivity contribution in [2.24, 2.45) is 0 Å². The lowest BCUT2D eigenvalue weighted by molar-refractivity contribution is 0.0966. The van der Waals surface area contributed by atoms with Crippen molar-refractivity contribution >= 4 is 11.6 Å². The van der Waals surface area contributed by atoms with Crippen LogP contribution in [0.4, 0.5) is 5.69 Å². The van der Waals surface area contributed by atoms with E-state index in [0.29, 0.717) is 13.2 Å². The number of rotatable bonds is 2. The van der Waals surface area contributed by atoms with Crippen LogP contribution in [0, 0.1) is 0 Å². The second kappa shape index (κ2) is 6.00. The van der Waals surface area contributed by atoms with Gasteiger partial charge in [-0.3, -0.25) is 9.69 Å². The number of carbonyl (C=O) groups excluding carboxylic acids is 1. The molecule has 0 radical (unpaired) electrons. The number of hydrogen-bond donors (Lipinski definition) is 1. The maximum atomic E-state index is 12.8. The minimum absolute atomic E-state index is 0.178. The van der Waals surface area contributed by atoms with Gasteiger partial charge in [0.2, 0.25) is 5.82 Å². The van der Waals surface area contributed by atoms with Crippen LogP contribution in [0.15, 0.2) is 30.6 Å². The fourth-order valence-electron chi connectivity index (χ4n) is 3.11. The van der Waals surface area contributed by atoms with Crippen LogP contribution in [0.5, 0.6) is 5.75 Å². The lowest BCUT2D eigenvalue weighted by atomic mass is 10.1. The van der Waals surface area contributed by atoms with Crippen molar-refractivity contribution in [3.8, 4) is 5.75 Å². The smallest absolute Gasteiger partial charge is 0.298 e. The number of benzene rings is 1. The van der Waals surface area contributed by atoms with Crippen molar-refractivity contribution in [3.05, 3.63) is 36.4 Å². The van der Waals surface area contributed by atoms with E-state index in [9.17, 15) is 4.79 Å². The summed E-state index contributed by atoms with van der Waals surface area (Å²) in [6.07, 6.45) is 3.84. The number of aromatic nitrogens is 3. The van der Waals surface area contributed by atoms with Crippen LogP contribution in [0.1, 0.15) is 29.5 Å². The number of fused-ring (bicyclic) bond motifs is 1. The van der Waals surface area contributed by atoms with Crippen LogP contribution < -0.4 is 15.0 Å². The van der Waals surface area contributed by atoms with Crippen molar-refractivity contribution in [2.45, 2.75) is 18.9 Å². The molecule has 7 heteroatoms. The molecule has 1 amide bonds. The van der Waals surface area contributed by atoms with Crippen LogP contribution >= 0.6 is 0 Å². The highest BCUT2D eigenvalue weighted by atomic mass is 16.5. The lowest BCUT2D eigenvalue weighted by Crippen LogP contribution is -2.38. The van der Waals surface area contributed by atoms with E-state index in [1.54, 1.807) is 11.2 Å². The highest BCUT2D eigenvalue weighted by Gasteiger charge is 2.27. The minimum Gasteiger partial charge on any atom is -0.490 e. The maximum absolute atomic E-state index is 12.8. The molecule has 0 saturated carbocycles. The Balaban J connectivity index is 1.57. The van der Waals surface area contributed by atoms with E-state index in [1.807, 2.05) is 28.9 Å². The summed E-state index contributed by atoms with van der Waals surface area (Å²) in [5.74, 6) is 0.790. The molecule has 1 atom stereocenters. The van der Waals surface area contributed by atoms with E-state index < -0.39 is 0 Å². The van der Waals surface area contributed by atoms with E-state index in [2.05, 4.69) is 15.4 Å². The van der Waals surface area contributed by atoms with Gasteiger partial charge in [-0.2, -0.15) is 0 Å². The van der Waals surface area contributed by atoms with Crippen LogP contribution in [0.25, 0.3) is 0 Å². The summed E-state index contributed by atoms with van der Waals surface area (Å²) in [4.78, 5) is 18.7. The average molecular weight is 313 g/mol. The number of amides is 1. The molecular formula is C16H19N5O2. The number of nitrogens with one attached hydrogen (secondary N) is 1. The summed E-state index contributed by atoms with van der Waals surface area (Å²) in [5.41, 5.74) is 0.777. The molecule has 7 nitrogen and oxygen atoms in total. The van der Waals surface area contributed by atoms with Gasteiger partial charge in [0.1, 0.15) is 18.7 Å². The number of nitrogens with zero attached hydrogens (tertiary/aromatic N) is 4. The largest absolute Gasteiger partial charge is 0.490 e. The monoisotopic (exact) mass is 313 g/mol. The Bertz CT molecular complexity index is 708. The quantitative estimate of drug-likeness (QED) is 0.903. The molecule has 2 aliphatic heterocycles. The zero-order valence-corrected chi connectivity index (χ0v) is 12.8. The number of anilines is 1. The Morgan fingerprint density at radius 1 is 1.35 bits per heavy atom. The van der Waals surface area contributed by atoms with Gasteiger partial charge in [-0.25, -0.2) is 9.67 Å². The Morgan fingerprint density at radius 2 is 2.26 bits per heavy atom. The summed E-state index contributed by atoms with van der Waals surface area (Å²) in [6, 6.07) is 7.82. The Morgan fingerprint density at radius 3 is 3.13 bits per heavy atom. The average Bonchev–Trinajstić information content (AvgIpc) is 3.11. The first kappa shape index (κ1) is 14.2. The molecule has 1 N–H and O–H groups in total. The van der Waals surface area contributed by atoms with E-state index in [1.165, 1.54) is 0 Å². The summed E-state index contributed by atoms with van der Waals surface area (Å²) in [7, 11) is 0. The molecule has 23 heavy (non-hydrogen) atoms. The first-order valence-corrected chi connectivity index (χ1v) is 7.98. The third kappa shape index (κ3) is 2.68. The van der Waals surface area contributed by atoms with E-state index in [0.717, 1.165) is 37.4 Å². The van der Waals surface area contributed by atoms with Gasteiger partial charge in [-0.15, -0.1) is 5.10 Å². The minimum atomic E-state index is -0.178. The maximum Gasteiger partial charge on any atom is 0.298 e. The van der Waals surface area contributed by atoms with Crippen LogP contribution in [-0.4, -0.2) is 46.9 Å². The molecule has 1 fully saturated rings. The molecule has 120 valence electrons. The van der Waals surface area contributed by atoms with Crippen LogP contribution in [0.2, 0.25) is 0 Å². The van der Waals surface area contributed by atoms with Gasteiger partial charge in [-0.05, 0) is 31.5 Å². The molecule has 0 bridgehead atoms. The van der Waals surface area contributed by atoms with Crippen molar-refractivity contribution < 1.29 is 9.53 Å². The predicted molar refractivity (Wildman–Crippen MR) is 84.8 cm³/mol. The Labute approximate surface area is 134 Å². The molecular weight excluding hydrogens is 294 g/mol. The lowest BCUT2D eigenvalue weighted by Gasteiger charge is -2.28. The van der Waals surface area contributed by atoms with Gasteiger partial charge < -0.3 is 10.1 Å². The van der Waals surface area contributed by atoms with Gasteiger partial charge in [0.25, 0.3) is 5.91 Å². The van der Waals surface area contributed by atoms with Gasteiger partial charge >= 0.3 is 0 Å². The third-order valence-corrected chi connectivity index (χ3v) is 4.32. The second-order valence-corrected chi connectivity index (χ2v) is 5.82. The fourth-order valence-corrected chi connectivity index (χ4v) is 3.11. The number of hydrogen-bond acceptors (Lipinski definition) is 5. The van der Waals surface area contributed by atoms with Crippen LogP contribution in [0.3, 0.4) is 0 Å². The molecule has 0 spiro atoms. The van der Waals surface area contributed by atoms with Gasteiger partial charge in [0, 0.05) is 6.54 Å². The van der Waals surface area contributed by atoms with Crippen molar-refractivity contribution in [1.82, 2.24) is 20.1 Å². The molecule has 4 rings (SSSR count). The normalized spacial score (nSPS) is 20.7. The Kier molecular flexibility index (Phi) is 3.70. The molecule has 1 aromatic carbocycles. The topological polar surface area (TPSA) is 72.3 Å². The summed E-state index contributed by atoms with van der Waals surface area (Å²) in [6.45, 7) is 2.91. The van der Waals surface area contributed by atoms with Gasteiger partial charge in [0.05, 0.1) is 18.3 Å². The van der Waals surface area contributed by atoms with E-state index in [-0.39, 0.29) is 17.8 Å². The molecule has 1 aromatic heterocycles. The van der Waals surface area contributed by atoms with Crippen molar-refractivity contribution in [2.75, 3.05) is 31.1 Å². The zero-order valence-electron chi connectivity index (χ0n) is 12.8. The van der Waals surface area contributed by atoms with E-state index in [4.69, 9.17) is 4.74 Å². The third-order valence-electron chi connectivity index (χ3n) is 4.32. The molecule has 2 aliphatic rings. The first-order valence-electron chi connectivity index (χ1n) is 7.98. The first-order chi connectivity index (χ1) is 11.3. The molecule has 2 aromatic rings. The highest BCUT2D eigenvalue weighted by Crippen LogP contribution is 2.31. The summed E-state index contributed by atoms with van der Waals surface area (Å²) < 4.78 is 7.40. The standard InChI is InChI=1S/C16H19N5O2/c22-16(20-8-9-23-14-6-2-1-5-13(14)20)15-18-11-21(19-15)12-4-3-7-17-10-12/h1-2,5-6,11-12,17H,3-4,7-10H2. The van der Waals surface area contributed by atoms with Crippen molar-refractivity contribution in [1.29, 1.82) is 0 Å². The fraction of sp³-hybridized carbons (Fsp3) is 0.438. The number of piperidine rings is 1. The number of para-hydroxylation sites is 2. The highest BCUT2D eigenvalue weighted by molar-refractivity contribution is 6.04. The summed E-state index contributed by atoms with van der Waals surface area (Å²) in [5, 5.41) is 7.76. The molecule has 0 aliphatic carbocycles.